The van der Waals surface area contributed by atoms with Crippen LogP contribution in [-0.2, 0) is 0 Å². The van der Waals surface area contributed by atoms with Crippen molar-refractivity contribution in [3.63, 3.8) is 0 Å². The van der Waals surface area contributed by atoms with Crippen molar-refractivity contribution < 1.29 is 0 Å². The van der Waals surface area contributed by atoms with Gasteiger partial charge in [-0.25, -0.2) is 9.97 Å². The molecule has 0 aliphatic rings. The van der Waals surface area contributed by atoms with Crippen molar-refractivity contribution in [1.82, 2.24) is 9.97 Å². The number of nitrogens with two attached hydrogens (primary N) is 1. The van der Waals surface area contributed by atoms with E-state index in [4.69, 9.17) is 5.73 Å². The molecular weight excluding hydrogens is 176 g/mol. The lowest BCUT2D eigenvalue weighted by atomic mass is 10.4. The fourth-order valence-corrected chi connectivity index (χ4v) is 1.11. The van der Waals surface area contributed by atoms with Gasteiger partial charge in [0.2, 0.25) is 0 Å². The van der Waals surface area contributed by atoms with Crippen LogP contribution in [0.3, 0.4) is 0 Å². The van der Waals surface area contributed by atoms with E-state index in [1.807, 2.05) is 17.1 Å². The molecule has 0 aromatic carbocycles. The summed E-state index contributed by atoms with van der Waals surface area (Å²) >= 11 is 0. The van der Waals surface area contributed by atoms with Crippen LogP contribution in [0, 0.1) is 0 Å². The molecule has 14 heavy (non-hydrogen) atoms. The van der Waals surface area contributed by atoms with Gasteiger partial charge in [-0.1, -0.05) is 12.2 Å². The van der Waals surface area contributed by atoms with Crippen LogP contribution >= 0.6 is 0 Å². The predicted octanol–water partition coefficient (Wildman–Crippen LogP) is 1.24. The molecule has 1 aromatic rings. The molecule has 4 nitrogen and oxygen atoms in total. The summed E-state index contributed by atoms with van der Waals surface area (Å²) < 4.78 is 0. The van der Waals surface area contributed by atoms with Gasteiger partial charge in [-0.05, 0) is 0 Å². The number of aromatic nitrogens is 2. The molecule has 0 amide bonds. The molecular formula is C10H14N4. The summed E-state index contributed by atoms with van der Waals surface area (Å²) in [4.78, 5) is 9.95. The van der Waals surface area contributed by atoms with Crippen LogP contribution < -0.4 is 10.6 Å². The quantitative estimate of drug-likeness (QED) is 0.710. The summed E-state index contributed by atoms with van der Waals surface area (Å²) in [6.07, 6.45) is 5.06. The maximum Gasteiger partial charge on any atom is 0.134 e. The topological polar surface area (TPSA) is 55.0 Å². The normalized spacial score (nSPS) is 9.43. The minimum atomic E-state index is 0.466. The molecule has 1 aromatic heterocycles. The first kappa shape index (κ1) is 10.2. The summed E-state index contributed by atoms with van der Waals surface area (Å²) in [6, 6.07) is 1.73. The molecule has 0 saturated carbocycles. The van der Waals surface area contributed by atoms with Gasteiger partial charge in [-0.3, -0.25) is 0 Å². The standard InChI is InChI=1S/C10H14N4/c1-3-5-14(6-4-2)10-7-9(11)12-8-13-10/h3-4,7-8H,1-2,5-6H2,(H2,11,12,13). The van der Waals surface area contributed by atoms with Crippen LogP contribution in [0.2, 0.25) is 0 Å². The molecule has 0 atom stereocenters. The highest BCUT2D eigenvalue weighted by Crippen LogP contribution is 2.11. The van der Waals surface area contributed by atoms with Gasteiger partial charge in [0.05, 0.1) is 0 Å². The van der Waals surface area contributed by atoms with Gasteiger partial charge in [-0.15, -0.1) is 13.2 Å². The van der Waals surface area contributed by atoms with E-state index in [1.165, 1.54) is 6.33 Å². The fourth-order valence-electron chi connectivity index (χ4n) is 1.11. The van der Waals surface area contributed by atoms with Crippen molar-refractivity contribution >= 4 is 11.6 Å². The second-order valence-corrected chi connectivity index (χ2v) is 2.78. The minimum Gasteiger partial charge on any atom is -0.384 e. The third-order valence-corrected chi connectivity index (χ3v) is 1.70. The Morgan fingerprint density at radius 3 is 2.43 bits per heavy atom. The van der Waals surface area contributed by atoms with Gasteiger partial charge >= 0.3 is 0 Å². The maximum absolute atomic E-state index is 5.56. The summed E-state index contributed by atoms with van der Waals surface area (Å²) in [5, 5.41) is 0. The molecule has 0 fully saturated rings. The molecule has 0 aliphatic heterocycles. The van der Waals surface area contributed by atoms with Crippen LogP contribution in [0.15, 0.2) is 37.7 Å². The first-order valence-corrected chi connectivity index (χ1v) is 4.32. The Balaban J connectivity index is 2.85. The largest absolute Gasteiger partial charge is 0.384 e. The maximum atomic E-state index is 5.56. The van der Waals surface area contributed by atoms with Gasteiger partial charge in [0.15, 0.2) is 0 Å². The van der Waals surface area contributed by atoms with E-state index in [2.05, 4.69) is 23.1 Å². The number of hydrogen-bond acceptors (Lipinski definition) is 4. The highest BCUT2D eigenvalue weighted by Gasteiger charge is 2.04. The van der Waals surface area contributed by atoms with Crippen LogP contribution in [0.25, 0.3) is 0 Å². The van der Waals surface area contributed by atoms with Crippen molar-refractivity contribution in [2.75, 3.05) is 23.7 Å². The second kappa shape index (κ2) is 5.01. The van der Waals surface area contributed by atoms with E-state index in [0.29, 0.717) is 18.9 Å². The number of nitrogen functional groups attached to an aromatic ring is 1. The lowest BCUT2D eigenvalue weighted by Gasteiger charge is -2.19. The van der Waals surface area contributed by atoms with Gasteiger partial charge in [0.1, 0.15) is 18.0 Å². The Kier molecular flexibility index (Phi) is 3.67. The predicted molar refractivity (Wildman–Crippen MR) is 59.1 cm³/mol. The van der Waals surface area contributed by atoms with Crippen molar-refractivity contribution in [1.29, 1.82) is 0 Å². The zero-order valence-electron chi connectivity index (χ0n) is 8.06. The van der Waals surface area contributed by atoms with E-state index >= 15 is 0 Å². The van der Waals surface area contributed by atoms with Gasteiger partial charge in [0.25, 0.3) is 0 Å². The van der Waals surface area contributed by atoms with E-state index in [0.717, 1.165) is 5.82 Å². The molecule has 0 saturated heterocycles. The van der Waals surface area contributed by atoms with Crippen LogP contribution in [0.1, 0.15) is 0 Å². The molecule has 0 aliphatic carbocycles. The van der Waals surface area contributed by atoms with E-state index < -0.39 is 0 Å². The van der Waals surface area contributed by atoms with Crippen molar-refractivity contribution in [2.45, 2.75) is 0 Å². The molecule has 1 heterocycles. The van der Waals surface area contributed by atoms with Crippen molar-refractivity contribution in [3.8, 4) is 0 Å². The average Bonchev–Trinajstić information content (AvgIpc) is 2.17. The molecule has 0 spiro atoms. The third kappa shape index (κ3) is 2.58. The minimum absolute atomic E-state index is 0.466. The zero-order chi connectivity index (χ0) is 10.4. The lowest BCUT2D eigenvalue weighted by molar-refractivity contribution is 0.919. The molecule has 0 radical (unpaired) electrons. The number of rotatable bonds is 5. The number of hydrogen-bond donors (Lipinski definition) is 1. The fraction of sp³-hybridized carbons (Fsp3) is 0.200. The van der Waals surface area contributed by atoms with Crippen LogP contribution in [0.4, 0.5) is 11.6 Å². The first-order valence-electron chi connectivity index (χ1n) is 4.32. The second-order valence-electron chi connectivity index (χ2n) is 2.78. The average molecular weight is 190 g/mol. The highest BCUT2D eigenvalue weighted by atomic mass is 15.2. The van der Waals surface area contributed by atoms with Crippen molar-refractivity contribution in [3.05, 3.63) is 37.7 Å². The Labute approximate surface area is 83.8 Å². The SMILES string of the molecule is C=CCN(CC=C)c1cc(N)ncn1. The Morgan fingerprint density at radius 2 is 1.93 bits per heavy atom. The molecule has 1 rings (SSSR count). The van der Waals surface area contributed by atoms with E-state index in [-0.39, 0.29) is 0 Å². The Hall–Kier alpha value is -1.84. The summed E-state index contributed by atoms with van der Waals surface area (Å²) in [7, 11) is 0. The van der Waals surface area contributed by atoms with Gasteiger partial charge in [-0.2, -0.15) is 0 Å². The summed E-state index contributed by atoms with van der Waals surface area (Å²) in [5.74, 6) is 1.26. The number of anilines is 2. The first-order chi connectivity index (χ1) is 6.77. The Morgan fingerprint density at radius 1 is 1.29 bits per heavy atom. The molecule has 0 bridgehead atoms. The lowest BCUT2D eigenvalue weighted by Crippen LogP contribution is -2.24. The number of nitrogens with zero attached hydrogens (tertiary/aromatic N) is 3. The smallest absolute Gasteiger partial charge is 0.134 e. The Bertz CT molecular complexity index is 312. The zero-order valence-corrected chi connectivity index (χ0v) is 8.06. The monoisotopic (exact) mass is 190 g/mol. The molecule has 2 N–H and O–H groups in total. The molecule has 4 heteroatoms. The molecule has 0 unspecified atom stereocenters. The summed E-state index contributed by atoms with van der Waals surface area (Å²) in [6.45, 7) is 8.78. The van der Waals surface area contributed by atoms with E-state index in [1.54, 1.807) is 6.07 Å². The van der Waals surface area contributed by atoms with Crippen molar-refractivity contribution in [2.24, 2.45) is 0 Å². The van der Waals surface area contributed by atoms with E-state index in [9.17, 15) is 0 Å². The third-order valence-electron chi connectivity index (χ3n) is 1.70. The van der Waals surface area contributed by atoms with Crippen LogP contribution in [0.5, 0.6) is 0 Å². The summed E-state index contributed by atoms with van der Waals surface area (Å²) in [5.41, 5.74) is 5.56. The highest BCUT2D eigenvalue weighted by molar-refractivity contribution is 5.46. The van der Waals surface area contributed by atoms with Gasteiger partial charge in [0, 0.05) is 19.2 Å². The van der Waals surface area contributed by atoms with Crippen LogP contribution in [-0.4, -0.2) is 23.1 Å². The molecule has 74 valence electrons. The van der Waals surface area contributed by atoms with Gasteiger partial charge < -0.3 is 10.6 Å².